The van der Waals surface area contributed by atoms with Crippen LogP contribution in [0.2, 0.25) is 0 Å². The minimum atomic E-state index is -0.597. The number of fused-ring (bicyclic) bond motifs is 1. The Morgan fingerprint density at radius 2 is 1.87 bits per heavy atom. The maximum absolute atomic E-state index is 13.2. The molecule has 1 aromatic heterocycles. The summed E-state index contributed by atoms with van der Waals surface area (Å²) in [5, 5.41) is 0. The van der Waals surface area contributed by atoms with E-state index in [1.54, 1.807) is 42.7 Å². The molecule has 30 heavy (non-hydrogen) atoms. The molecule has 2 amide bonds. The molecule has 0 spiro atoms. The van der Waals surface area contributed by atoms with Crippen LogP contribution < -0.4 is 4.90 Å². The third-order valence-electron chi connectivity index (χ3n) is 5.69. The summed E-state index contributed by atoms with van der Waals surface area (Å²) in [5.41, 5.74) is 1.21. The lowest BCUT2D eigenvalue weighted by Crippen LogP contribution is -2.45. The van der Waals surface area contributed by atoms with Crippen molar-refractivity contribution in [2.24, 2.45) is 4.99 Å². The highest BCUT2D eigenvalue weighted by molar-refractivity contribution is 6.28. The fourth-order valence-corrected chi connectivity index (χ4v) is 4.12. The minimum Gasteiger partial charge on any atom is -0.378 e. The molecule has 6 nitrogen and oxygen atoms in total. The standard InChI is InChI=1S/C24H27N3O3/c28-23-20-12-5-4-11-19(20)21(24(29)27(23)22-13-6-7-15-26-22)17-25-14-8-16-30-18-9-2-1-3-10-18/h4-7,11-13,15,17-18,21H,1-3,8-10,14,16H2/t21-/m0/s1. The zero-order valence-corrected chi connectivity index (χ0v) is 17.1. The van der Waals surface area contributed by atoms with E-state index in [2.05, 4.69) is 9.98 Å². The van der Waals surface area contributed by atoms with Crippen LogP contribution in [-0.2, 0) is 9.53 Å². The number of ether oxygens (including phenoxy) is 1. The van der Waals surface area contributed by atoms with Gasteiger partial charge in [-0.05, 0) is 43.0 Å². The molecule has 4 rings (SSSR count). The van der Waals surface area contributed by atoms with Crippen molar-refractivity contribution in [3.05, 3.63) is 59.8 Å². The highest BCUT2D eigenvalue weighted by Gasteiger charge is 2.39. The van der Waals surface area contributed by atoms with Gasteiger partial charge in [-0.15, -0.1) is 0 Å². The lowest BCUT2D eigenvalue weighted by atomic mass is 9.89. The van der Waals surface area contributed by atoms with Crippen LogP contribution in [0.1, 0.15) is 60.4 Å². The molecule has 1 atom stereocenters. The summed E-state index contributed by atoms with van der Waals surface area (Å²) < 4.78 is 5.94. The Morgan fingerprint density at radius 1 is 1.07 bits per heavy atom. The van der Waals surface area contributed by atoms with Crippen molar-refractivity contribution in [3.63, 3.8) is 0 Å². The largest absolute Gasteiger partial charge is 0.378 e. The topological polar surface area (TPSA) is 71.9 Å². The maximum atomic E-state index is 13.2. The maximum Gasteiger partial charge on any atom is 0.266 e. The smallest absolute Gasteiger partial charge is 0.266 e. The first kappa shape index (κ1) is 20.4. The van der Waals surface area contributed by atoms with Crippen molar-refractivity contribution < 1.29 is 14.3 Å². The first-order valence-corrected chi connectivity index (χ1v) is 10.8. The Kier molecular flexibility index (Phi) is 6.64. The van der Waals surface area contributed by atoms with Crippen molar-refractivity contribution in [1.82, 2.24) is 4.98 Å². The normalized spacial score (nSPS) is 20.0. The first-order chi connectivity index (χ1) is 14.8. The number of benzene rings is 1. The van der Waals surface area contributed by atoms with E-state index < -0.39 is 5.92 Å². The Hall–Kier alpha value is -2.86. The second-order valence-electron chi connectivity index (χ2n) is 7.77. The van der Waals surface area contributed by atoms with Crippen LogP contribution in [0, 0.1) is 0 Å². The molecule has 2 heterocycles. The zero-order valence-electron chi connectivity index (χ0n) is 17.1. The third kappa shape index (κ3) is 4.49. The molecule has 0 N–H and O–H groups in total. The van der Waals surface area contributed by atoms with Gasteiger partial charge in [0.1, 0.15) is 5.82 Å². The Balaban J connectivity index is 1.43. The van der Waals surface area contributed by atoms with Gasteiger partial charge in [-0.25, -0.2) is 9.88 Å². The highest BCUT2D eigenvalue weighted by Crippen LogP contribution is 2.31. The van der Waals surface area contributed by atoms with Gasteiger partial charge in [-0.2, -0.15) is 0 Å². The number of hydrogen-bond acceptors (Lipinski definition) is 5. The lowest BCUT2D eigenvalue weighted by molar-refractivity contribution is -0.118. The van der Waals surface area contributed by atoms with Crippen LogP contribution in [0.4, 0.5) is 5.82 Å². The van der Waals surface area contributed by atoms with Gasteiger partial charge in [0.05, 0.1) is 12.0 Å². The van der Waals surface area contributed by atoms with E-state index in [-0.39, 0.29) is 11.8 Å². The van der Waals surface area contributed by atoms with Gasteiger partial charge in [-0.3, -0.25) is 14.6 Å². The molecular weight excluding hydrogens is 378 g/mol. The van der Waals surface area contributed by atoms with Crippen LogP contribution >= 0.6 is 0 Å². The van der Waals surface area contributed by atoms with Crippen LogP contribution in [-0.4, -0.2) is 42.3 Å². The number of hydrogen-bond donors (Lipinski definition) is 0. The van der Waals surface area contributed by atoms with E-state index >= 15 is 0 Å². The summed E-state index contributed by atoms with van der Waals surface area (Å²) in [5.74, 6) is -0.930. The summed E-state index contributed by atoms with van der Waals surface area (Å²) in [6.45, 7) is 1.28. The average molecular weight is 405 g/mol. The quantitative estimate of drug-likeness (QED) is 0.394. The number of nitrogens with zero attached hydrogens (tertiary/aromatic N) is 3. The molecule has 1 aliphatic carbocycles. The summed E-state index contributed by atoms with van der Waals surface area (Å²) in [4.78, 5) is 36.0. The van der Waals surface area contributed by atoms with Crippen LogP contribution in [0.3, 0.4) is 0 Å². The van der Waals surface area contributed by atoms with Gasteiger partial charge in [0.15, 0.2) is 0 Å². The van der Waals surface area contributed by atoms with E-state index in [9.17, 15) is 9.59 Å². The number of aliphatic imine (C=N–C) groups is 1. The summed E-state index contributed by atoms with van der Waals surface area (Å²) in [6.07, 6.45) is 10.6. The van der Waals surface area contributed by atoms with E-state index in [1.165, 1.54) is 19.3 Å². The number of carbonyl (C=O) groups excluding carboxylic acids is 2. The highest BCUT2D eigenvalue weighted by atomic mass is 16.5. The van der Waals surface area contributed by atoms with Gasteiger partial charge in [0.2, 0.25) is 5.91 Å². The Bertz CT molecular complexity index is 907. The summed E-state index contributed by atoms with van der Waals surface area (Å²) in [7, 11) is 0. The molecule has 1 aliphatic heterocycles. The van der Waals surface area contributed by atoms with Crippen molar-refractivity contribution >= 4 is 23.8 Å². The van der Waals surface area contributed by atoms with Gasteiger partial charge in [0.25, 0.3) is 5.91 Å². The Morgan fingerprint density at radius 3 is 2.67 bits per heavy atom. The second-order valence-corrected chi connectivity index (χ2v) is 7.77. The molecule has 6 heteroatoms. The summed E-state index contributed by atoms with van der Waals surface area (Å²) in [6, 6.07) is 12.4. The van der Waals surface area contributed by atoms with Gasteiger partial charge in [0, 0.05) is 31.1 Å². The zero-order chi connectivity index (χ0) is 20.8. The fourth-order valence-electron chi connectivity index (χ4n) is 4.12. The molecule has 1 fully saturated rings. The lowest BCUT2D eigenvalue weighted by Gasteiger charge is -2.30. The Labute approximate surface area is 177 Å². The van der Waals surface area contributed by atoms with Gasteiger partial charge >= 0.3 is 0 Å². The van der Waals surface area contributed by atoms with Crippen molar-refractivity contribution in [1.29, 1.82) is 0 Å². The molecule has 156 valence electrons. The number of imide groups is 1. The van der Waals surface area contributed by atoms with Gasteiger partial charge in [-0.1, -0.05) is 43.5 Å². The molecule has 0 saturated heterocycles. The van der Waals surface area contributed by atoms with Crippen molar-refractivity contribution in [2.75, 3.05) is 18.1 Å². The molecule has 0 unspecified atom stereocenters. The third-order valence-corrected chi connectivity index (χ3v) is 5.69. The number of rotatable bonds is 7. The molecule has 1 saturated carbocycles. The summed E-state index contributed by atoms with van der Waals surface area (Å²) >= 11 is 0. The number of amides is 2. The number of anilines is 1. The second kappa shape index (κ2) is 9.76. The van der Waals surface area contributed by atoms with Crippen molar-refractivity contribution in [2.45, 2.75) is 50.5 Å². The predicted molar refractivity (Wildman–Crippen MR) is 116 cm³/mol. The predicted octanol–water partition coefficient (Wildman–Crippen LogP) is 4.16. The van der Waals surface area contributed by atoms with E-state index in [0.717, 1.165) is 24.2 Å². The van der Waals surface area contributed by atoms with Crippen molar-refractivity contribution in [3.8, 4) is 0 Å². The van der Waals surface area contributed by atoms with Crippen LogP contribution in [0.15, 0.2) is 53.7 Å². The molecular formula is C24H27N3O3. The number of pyridine rings is 1. The molecule has 0 bridgehead atoms. The number of aromatic nitrogens is 1. The molecule has 2 aromatic rings. The first-order valence-electron chi connectivity index (χ1n) is 10.8. The SMILES string of the molecule is O=C1c2ccccc2[C@H](C=NCCCOC2CCCCC2)C(=O)N1c1ccccn1. The van der Waals surface area contributed by atoms with Gasteiger partial charge < -0.3 is 4.74 Å². The molecule has 0 radical (unpaired) electrons. The van der Waals surface area contributed by atoms with Crippen LogP contribution in [0.25, 0.3) is 0 Å². The monoisotopic (exact) mass is 405 g/mol. The average Bonchev–Trinajstić information content (AvgIpc) is 2.79. The van der Waals surface area contributed by atoms with E-state index in [0.29, 0.717) is 36.2 Å². The fraction of sp³-hybridized carbons (Fsp3) is 0.417. The minimum absolute atomic E-state index is 0.320. The van der Waals surface area contributed by atoms with E-state index in [4.69, 9.17) is 4.74 Å². The molecule has 1 aromatic carbocycles. The molecule has 2 aliphatic rings. The number of carbonyl (C=O) groups is 2. The van der Waals surface area contributed by atoms with E-state index in [1.807, 2.05) is 12.1 Å². The van der Waals surface area contributed by atoms with Crippen LogP contribution in [0.5, 0.6) is 0 Å².